The highest BCUT2D eigenvalue weighted by molar-refractivity contribution is 7.47. The minimum Gasteiger partial charge on any atom is -0.462 e. The lowest BCUT2D eigenvalue weighted by Gasteiger charge is -2.21. The van der Waals surface area contributed by atoms with Crippen molar-refractivity contribution in [2.24, 2.45) is 5.92 Å². The van der Waals surface area contributed by atoms with Gasteiger partial charge in [0, 0.05) is 25.7 Å². The van der Waals surface area contributed by atoms with E-state index in [1.165, 1.54) is 154 Å². The van der Waals surface area contributed by atoms with E-state index in [9.17, 15) is 43.2 Å². The Kier molecular flexibility index (Phi) is 58.3. The second kappa shape index (κ2) is 59.7. The molecule has 0 bridgehead atoms. The molecule has 0 saturated carbocycles. The molecular formula is C66H128O17P2. The maximum Gasteiger partial charge on any atom is 0.472 e. The lowest BCUT2D eigenvalue weighted by Crippen LogP contribution is -2.30. The Balaban J connectivity index is 5.13. The fourth-order valence-corrected chi connectivity index (χ4v) is 11.5. The molecule has 0 fully saturated rings. The molecule has 3 unspecified atom stereocenters. The average molecular weight is 1260 g/mol. The van der Waals surface area contributed by atoms with Gasteiger partial charge in [0.25, 0.3) is 0 Å². The third kappa shape index (κ3) is 59.5. The van der Waals surface area contributed by atoms with Crippen molar-refractivity contribution < 1.29 is 80.2 Å². The van der Waals surface area contributed by atoms with Crippen LogP contribution in [-0.2, 0) is 65.4 Å². The second-order valence-corrected chi connectivity index (χ2v) is 27.0. The Morgan fingerprint density at radius 1 is 0.329 bits per heavy atom. The molecule has 0 rings (SSSR count). The van der Waals surface area contributed by atoms with E-state index in [0.717, 1.165) is 102 Å². The van der Waals surface area contributed by atoms with Gasteiger partial charge in [0.1, 0.15) is 19.3 Å². The van der Waals surface area contributed by atoms with Crippen LogP contribution in [0.1, 0.15) is 336 Å². The number of hydrogen-bond acceptors (Lipinski definition) is 15. The van der Waals surface area contributed by atoms with Gasteiger partial charge in [0.2, 0.25) is 0 Å². The maximum absolute atomic E-state index is 13.0. The third-order valence-electron chi connectivity index (χ3n) is 15.6. The van der Waals surface area contributed by atoms with E-state index in [1.54, 1.807) is 0 Å². The van der Waals surface area contributed by atoms with Crippen LogP contribution in [0.2, 0.25) is 0 Å². The van der Waals surface area contributed by atoms with Gasteiger partial charge in [-0.15, -0.1) is 0 Å². The van der Waals surface area contributed by atoms with E-state index < -0.39 is 97.5 Å². The van der Waals surface area contributed by atoms with Gasteiger partial charge in [0.15, 0.2) is 12.2 Å². The van der Waals surface area contributed by atoms with Gasteiger partial charge in [-0.05, 0) is 31.6 Å². The van der Waals surface area contributed by atoms with Crippen LogP contribution in [0.25, 0.3) is 0 Å². The Morgan fingerprint density at radius 2 is 0.565 bits per heavy atom. The van der Waals surface area contributed by atoms with Crippen molar-refractivity contribution in [3.63, 3.8) is 0 Å². The predicted octanol–water partition coefficient (Wildman–Crippen LogP) is 18.6. The third-order valence-corrected chi connectivity index (χ3v) is 17.5. The van der Waals surface area contributed by atoms with E-state index in [4.69, 9.17) is 37.0 Å². The molecule has 0 spiro atoms. The van der Waals surface area contributed by atoms with Crippen LogP contribution in [0, 0.1) is 5.92 Å². The van der Waals surface area contributed by atoms with Crippen LogP contribution >= 0.6 is 15.6 Å². The summed E-state index contributed by atoms with van der Waals surface area (Å²) in [7, 11) is -9.88. The molecule has 0 aliphatic carbocycles. The Morgan fingerprint density at radius 3 is 0.835 bits per heavy atom. The molecule has 19 heteroatoms. The van der Waals surface area contributed by atoms with Gasteiger partial charge >= 0.3 is 39.5 Å². The highest BCUT2D eigenvalue weighted by atomic mass is 31.2. The van der Waals surface area contributed by atoms with E-state index in [0.29, 0.717) is 25.7 Å². The number of ether oxygens (including phenoxy) is 4. The largest absolute Gasteiger partial charge is 0.472 e. The molecule has 0 aliphatic rings. The first-order valence-corrected chi connectivity index (χ1v) is 37.7. The summed E-state index contributed by atoms with van der Waals surface area (Å²) >= 11 is 0. The Hall–Kier alpha value is -1.94. The summed E-state index contributed by atoms with van der Waals surface area (Å²) in [4.78, 5) is 72.0. The minimum absolute atomic E-state index is 0.105. The summed E-state index contributed by atoms with van der Waals surface area (Å²) in [5.74, 6) is -1.36. The van der Waals surface area contributed by atoms with E-state index >= 15 is 0 Å². The standard InChI is InChI=1S/C66H128O17P2/c1-6-10-13-16-18-20-21-22-23-24-25-26-27-28-29-31-37-42-47-52-66(71)83-62(56-77-64(69)50-45-40-35-33-32-34-39-43-48-59(5)9-4)58-81-85(74,75)79-54-60(67)53-78-84(72,73)80-57-61(55-76-63(68)49-44-38-15-12-8-3)82-65(70)51-46-41-36-30-19-17-14-11-7-2/h59-62,67H,6-58H2,1-5H3,(H,72,73)(H,74,75)/t59?,60-,61+,62+/m0/s1. The molecule has 0 radical (unpaired) electrons. The van der Waals surface area contributed by atoms with Gasteiger partial charge in [0.05, 0.1) is 26.4 Å². The molecule has 17 nitrogen and oxygen atoms in total. The number of aliphatic hydroxyl groups excluding tert-OH is 1. The first-order valence-electron chi connectivity index (χ1n) is 34.7. The lowest BCUT2D eigenvalue weighted by atomic mass is 9.99. The van der Waals surface area contributed by atoms with E-state index in [1.807, 2.05) is 0 Å². The zero-order chi connectivity index (χ0) is 62.8. The molecule has 0 aromatic rings. The van der Waals surface area contributed by atoms with Gasteiger partial charge in [-0.25, -0.2) is 9.13 Å². The average Bonchev–Trinajstić information content (AvgIpc) is 3.60. The second-order valence-electron chi connectivity index (χ2n) is 24.1. The summed E-state index contributed by atoms with van der Waals surface area (Å²) in [5.41, 5.74) is 0. The summed E-state index contributed by atoms with van der Waals surface area (Å²) in [6, 6.07) is 0. The molecule has 0 heterocycles. The molecule has 504 valence electrons. The Labute approximate surface area is 517 Å². The van der Waals surface area contributed by atoms with Crippen LogP contribution in [0.5, 0.6) is 0 Å². The van der Waals surface area contributed by atoms with Crippen molar-refractivity contribution in [1.29, 1.82) is 0 Å². The molecule has 0 saturated heterocycles. The minimum atomic E-state index is -4.95. The van der Waals surface area contributed by atoms with Crippen molar-refractivity contribution in [1.82, 2.24) is 0 Å². The molecule has 0 aromatic heterocycles. The highest BCUT2D eigenvalue weighted by Crippen LogP contribution is 2.45. The molecule has 0 amide bonds. The van der Waals surface area contributed by atoms with Crippen LogP contribution < -0.4 is 0 Å². The first-order chi connectivity index (χ1) is 41.1. The Bertz CT molecular complexity index is 1650. The summed E-state index contributed by atoms with van der Waals surface area (Å²) in [6.07, 6.45) is 44.9. The number of esters is 4. The van der Waals surface area contributed by atoms with Crippen molar-refractivity contribution in [2.45, 2.75) is 355 Å². The number of carbonyl (C=O) groups is 4. The monoisotopic (exact) mass is 1250 g/mol. The fourth-order valence-electron chi connectivity index (χ4n) is 9.90. The van der Waals surface area contributed by atoms with Gasteiger partial charge in [-0.3, -0.25) is 37.3 Å². The van der Waals surface area contributed by atoms with Gasteiger partial charge < -0.3 is 33.8 Å². The molecule has 85 heavy (non-hydrogen) atoms. The number of aliphatic hydroxyl groups is 1. The number of rotatable bonds is 66. The number of carbonyl (C=O) groups excluding carboxylic acids is 4. The first kappa shape index (κ1) is 83.1. The van der Waals surface area contributed by atoms with Crippen molar-refractivity contribution in [3.8, 4) is 0 Å². The number of phosphoric acid groups is 2. The summed E-state index contributed by atoms with van der Waals surface area (Å²) < 4.78 is 67.8. The van der Waals surface area contributed by atoms with Crippen LogP contribution in [0.4, 0.5) is 0 Å². The van der Waals surface area contributed by atoms with Crippen molar-refractivity contribution >= 4 is 39.5 Å². The highest BCUT2D eigenvalue weighted by Gasteiger charge is 2.30. The normalized spacial score (nSPS) is 14.5. The quantitative estimate of drug-likeness (QED) is 0.0222. The number of unbranched alkanes of at least 4 members (excludes halogenated alkanes) is 37. The summed E-state index contributed by atoms with van der Waals surface area (Å²) in [6.45, 7) is 7.11. The molecule has 6 atom stereocenters. The predicted molar refractivity (Wildman–Crippen MR) is 340 cm³/mol. The van der Waals surface area contributed by atoms with E-state index in [2.05, 4.69) is 34.6 Å². The van der Waals surface area contributed by atoms with Crippen molar-refractivity contribution in [2.75, 3.05) is 39.6 Å². The van der Waals surface area contributed by atoms with Gasteiger partial charge in [-0.2, -0.15) is 0 Å². The van der Waals surface area contributed by atoms with Gasteiger partial charge in [-0.1, -0.05) is 285 Å². The zero-order valence-electron chi connectivity index (χ0n) is 54.7. The van der Waals surface area contributed by atoms with Crippen LogP contribution in [0.15, 0.2) is 0 Å². The SMILES string of the molecule is CCCCCCCCCCCCCCCCCCCCCC(=O)O[C@H](COC(=O)CCCCCCCCCCC(C)CC)COP(=O)(O)OC[C@@H](O)COP(=O)(O)OC[C@@H](COC(=O)CCCCCCC)OC(=O)CCCCCCCCCCC. The van der Waals surface area contributed by atoms with Crippen molar-refractivity contribution in [3.05, 3.63) is 0 Å². The molecule has 0 aliphatic heterocycles. The van der Waals surface area contributed by atoms with Crippen LogP contribution in [-0.4, -0.2) is 96.7 Å². The number of hydrogen-bond donors (Lipinski definition) is 3. The summed E-state index contributed by atoms with van der Waals surface area (Å²) in [5, 5.41) is 10.5. The number of phosphoric ester groups is 2. The van der Waals surface area contributed by atoms with E-state index in [-0.39, 0.29) is 25.7 Å². The molecular weight excluding hydrogens is 1130 g/mol. The fraction of sp³-hybridized carbons (Fsp3) is 0.939. The lowest BCUT2D eigenvalue weighted by molar-refractivity contribution is -0.161. The molecule has 3 N–H and O–H groups in total. The van der Waals surface area contributed by atoms with Crippen LogP contribution in [0.3, 0.4) is 0 Å². The maximum atomic E-state index is 13.0. The topological polar surface area (TPSA) is 237 Å². The molecule has 0 aromatic carbocycles. The zero-order valence-corrected chi connectivity index (χ0v) is 56.5. The smallest absolute Gasteiger partial charge is 0.462 e.